The topological polar surface area (TPSA) is 54.3 Å². The molecule has 2 heterocycles. The third-order valence-electron chi connectivity index (χ3n) is 2.40. The van der Waals surface area contributed by atoms with Gasteiger partial charge in [-0.1, -0.05) is 11.8 Å². The Hall–Kier alpha value is -0.940. The van der Waals surface area contributed by atoms with Crippen LogP contribution >= 0.6 is 11.8 Å². The first kappa shape index (κ1) is 10.6. The second-order valence-corrected chi connectivity index (χ2v) is 4.30. The Balaban J connectivity index is 1.94. The maximum atomic E-state index is 11.7. The van der Waals surface area contributed by atoms with Gasteiger partial charge in [0.2, 0.25) is 0 Å². The van der Waals surface area contributed by atoms with Gasteiger partial charge in [0.05, 0.1) is 0 Å². The van der Waals surface area contributed by atoms with E-state index in [-0.39, 0.29) is 11.9 Å². The second kappa shape index (κ2) is 4.72. The number of thioether (sulfide) groups is 1. The summed E-state index contributed by atoms with van der Waals surface area (Å²) in [4.78, 5) is 11.7. The number of hydrogen-bond acceptors (Lipinski definition) is 4. The van der Waals surface area contributed by atoms with Crippen molar-refractivity contribution in [1.29, 1.82) is 0 Å². The van der Waals surface area contributed by atoms with Crippen molar-refractivity contribution in [1.82, 2.24) is 10.6 Å². The van der Waals surface area contributed by atoms with Crippen LogP contribution in [0.25, 0.3) is 0 Å². The van der Waals surface area contributed by atoms with Gasteiger partial charge in [-0.2, -0.15) is 0 Å². The van der Waals surface area contributed by atoms with Crippen LogP contribution in [0.1, 0.15) is 17.0 Å². The van der Waals surface area contributed by atoms with Crippen LogP contribution in [0.3, 0.4) is 0 Å². The third-order valence-corrected chi connectivity index (χ3v) is 3.02. The van der Waals surface area contributed by atoms with Crippen molar-refractivity contribution in [2.75, 3.05) is 19.3 Å². The fourth-order valence-electron chi connectivity index (χ4n) is 1.59. The summed E-state index contributed by atoms with van der Waals surface area (Å²) >= 11 is 1.49. The summed E-state index contributed by atoms with van der Waals surface area (Å²) in [7, 11) is 0. The summed E-state index contributed by atoms with van der Waals surface area (Å²) in [5, 5.41) is 6.89. The van der Waals surface area contributed by atoms with Crippen LogP contribution in [-0.4, -0.2) is 31.3 Å². The van der Waals surface area contributed by atoms with E-state index in [2.05, 4.69) is 10.6 Å². The van der Waals surface area contributed by atoms with Crippen molar-refractivity contribution >= 4 is 17.7 Å². The highest BCUT2D eigenvalue weighted by Crippen LogP contribution is 2.18. The van der Waals surface area contributed by atoms with Crippen LogP contribution in [0.4, 0.5) is 0 Å². The molecule has 1 aliphatic heterocycles. The van der Waals surface area contributed by atoms with Crippen LogP contribution in [0.15, 0.2) is 21.6 Å². The van der Waals surface area contributed by atoms with Gasteiger partial charge in [0.25, 0.3) is 5.91 Å². The molecule has 82 valence electrons. The van der Waals surface area contributed by atoms with E-state index < -0.39 is 0 Å². The second-order valence-electron chi connectivity index (χ2n) is 3.49. The molecule has 1 unspecified atom stereocenters. The minimum absolute atomic E-state index is 0.121. The highest BCUT2D eigenvalue weighted by atomic mass is 32.2. The molecule has 1 atom stereocenters. The summed E-state index contributed by atoms with van der Waals surface area (Å²) in [6.07, 6.45) is 2.91. The van der Waals surface area contributed by atoms with Gasteiger partial charge in [-0.05, 0) is 31.4 Å². The van der Waals surface area contributed by atoms with Crippen LogP contribution in [0.2, 0.25) is 0 Å². The Labute approximate surface area is 92.8 Å². The van der Waals surface area contributed by atoms with E-state index in [1.165, 1.54) is 11.8 Å². The van der Waals surface area contributed by atoms with Crippen molar-refractivity contribution in [3.8, 4) is 0 Å². The van der Waals surface area contributed by atoms with Crippen molar-refractivity contribution in [2.24, 2.45) is 0 Å². The summed E-state index contributed by atoms with van der Waals surface area (Å²) in [6, 6.07) is 3.76. The molecule has 2 N–H and O–H groups in total. The number of nitrogens with one attached hydrogen (secondary N) is 2. The Morgan fingerprint density at radius 1 is 1.67 bits per heavy atom. The molecule has 1 amide bonds. The molecular formula is C10H14N2O2S. The lowest BCUT2D eigenvalue weighted by molar-refractivity contribution is 0.0907. The zero-order valence-electron chi connectivity index (χ0n) is 8.58. The van der Waals surface area contributed by atoms with Gasteiger partial charge in [0, 0.05) is 12.6 Å². The van der Waals surface area contributed by atoms with Crippen LogP contribution < -0.4 is 10.6 Å². The average Bonchev–Trinajstić information content (AvgIpc) is 2.86. The van der Waals surface area contributed by atoms with Gasteiger partial charge in [-0.15, -0.1) is 0 Å². The highest BCUT2D eigenvalue weighted by molar-refractivity contribution is 7.98. The van der Waals surface area contributed by atoms with E-state index in [9.17, 15) is 4.79 Å². The predicted molar refractivity (Wildman–Crippen MR) is 59.2 cm³/mol. The lowest BCUT2D eigenvalue weighted by Gasteiger charge is -2.09. The monoisotopic (exact) mass is 226 g/mol. The van der Waals surface area contributed by atoms with Crippen molar-refractivity contribution in [2.45, 2.75) is 17.6 Å². The van der Waals surface area contributed by atoms with Crippen molar-refractivity contribution < 1.29 is 9.21 Å². The molecule has 1 saturated heterocycles. The van der Waals surface area contributed by atoms with Crippen LogP contribution in [-0.2, 0) is 0 Å². The molecule has 2 rings (SSSR count). The standard InChI is InChI=1S/C10H14N2O2S/c1-15-9-3-2-8(14-9)10(13)12-7-4-5-11-6-7/h2-3,7,11H,4-6H2,1H3,(H,12,13). The molecule has 5 heteroatoms. The Kier molecular flexibility index (Phi) is 3.33. The molecule has 1 aromatic heterocycles. The van der Waals surface area contributed by atoms with Crippen LogP contribution in [0.5, 0.6) is 0 Å². The zero-order chi connectivity index (χ0) is 10.7. The zero-order valence-corrected chi connectivity index (χ0v) is 9.39. The Morgan fingerprint density at radius 2 is 2.53 bits per heavy atom. The lowest BCUT2D eigenvalue weighted by atomic mass is 10.2. The van der Waals surface area contributed by atoms with Crippen molar-refractivity contribution in [3.05, 3.63) is 17.9 Å². The number of carbonyl (C=O) groups is 1. The van der Waals surface area contributed by atoms with E-state index in [0.29, 0.717) is 5.76 Å². The largest absolute Gasteiger partial charge is 0.445 e. The Bertz CT molecular complexity index is 345. The summed E-state index contributed by atoms with van der Waals surface area (Å²) < 4.78 is 5.34. The fourth-order valence-corrected chi connectivity index (χ4v) is 1.96. The predicted octanol–water partition coefficient (Wildman–Crippen LogP) is 1.09. The first-order chi connectivity index (χ1) is 7.29. The first-order valence-corrected chi connectivity index (χ1v) is 6.17. The average molecular weight is 226 g/mol. The number of amides is 1. The molecule has 0 aromatic carbocycles. The smallest absolute Gasteiger partial charge is 0.287 e. The van der Waals surface area contributed by atoms with Crippen molar-refractivity contribution in [3.63, 3.8) is 0 Å². The van der Waals surface area contributed by atoms with Gasteiger partial charge in [0.1, 0.15) is 0 Å². The van der Waals surface area contributed by atoms with Crippen LogP contribution in [0, 0.1) is 0 Å². The lowest BCUT2D eigenvalue weighted by Crippen LogP contribution is -2.35. The van der Waals surface area contributed by atoms with Gasteiger partial charge < -0.3 is 15.1 Å². The van der Waals surface area contributed by atoms with Gasteiger partial charge in [0.15, 0.2) is 10.9 Å². The maximum Gasteiger partial charge on any atom is 0.287 e. The number of carbonyl (C=O) groups excluding carboxylic acids is 1. The molecule has 15 heavy (non-hydrogen) atoms. The van der Waals surface area contributed by atoms with Gasteiger partial charge in [-0.3, -0.25) is 4.79 Å². The molecule has 1 aliphatic rings. The SMILES string of the molecule is CSc1ccc(C(=O)NC2CCNC2)o1. The maximum absolute atomic E-state index is 11.7. The van der Waals surface area contributed by atoms with Gasteiger partial charge in [-0.25, -0.2) is 0 Å². The number of hydrogen-bond donors (Lipinski definition) is 2. The molecule has 0 radical (unpaired) electrons. The molecular weight excluding hydrogens is 212 g/mol. The highest BCUT2D eigenvalue weighted by Gasteiger charge is 2.19. The number of furan rings is 1. The molecule has 1 fully saturated rings. The van der Waals surface area contributed by atoms with Gasteiger partial charge >= 0.3 is 0 Å². The normalized spacial score (nSPS) is 20.5. The molecule has 0 saturated carbocycles. The minimum Gasteiger partial charge on any atom is -0.445 e. The first-order valence-electron chi connectivity index (χ1n) is 4.95. The van der Waals surface area contributed by atoms with E-state index >= 15 is 0 Å². The number of rotatable bonds is 3. The summed E-state index contributed by atoms with van der Waals surface area (Å²) in [5.41, 5.74) is 0. The molecule has 0 bridgehead atoms. The Morgan fingerprint density at radius 3 is 3.13 bits per heavy atom. The molecule has 1 aromatic rings. The third kappa shape index (κ3) is 2.54. The van der Waals surface area contributed by atoms with E-state index in [1.807, 2.05) is 12.3 Å². The fraction of sp³-hybridized carbons (Fsp3) is 0.500. The summed E-state index contributed by atoms with van der Waals surface area (Å²) in [6.45, 7) is 1.82. The molecule has 0 spiro atoms. The molecule has 0 aliphatic carbocycles. The minimum atomic E-state index is -0.121. The van der Waals surface area contributed by atoms with E-state index in [1.54, 1.807) is 6.07 Å². The van der Waals surface area contributed by atoms with E-state index in [4.69, 9.17) is 4.42 Å². The summed E-state index contributed by atoms with van der Waals surface area (Å²) in [5.74, 6) is 0.273. The quantitative estimate of drug-likeness (QED) is 0.758. The molecule has 4 nitrogen and oxygen atoms in total. The van der Waals surface area contributed by atoms with E-state index in [0.717, 1.165) is 24.6 Å².